The van der Waals surface area contributed by atoms with E-state index in [1.807, 2.05) is 0 Å². The minimum atomic E-state index is -0.280. The first-order valence-corrected chi connectivity index (χ1v) is 7.65. The molecule has 1 aliphatic heterocycles. The molecule has 0 aliphatic carbocycles. The minimum Gasteiger partial charge on any atom is -0.481 e. The third-order valence-corrected chi connectivity index (χ3v) is 3.72. The molecule has 0 unspecified atom stereocenters. The fraction of sp³-hybridized carbons (Fsp3) is 0.375. The molecule has 7 nitrogen and oxygen atoms in total. The topological polar surface area (TPSA) is 80.2 Å². The van der Waals surface area contributed by atoms with Gasteiger partial charge in [-0.3, -0.25) is 4.79 Å². The van der Waals surface area contributed by atoms with Crippen molar-refractivity contribution in [2.75, 3.05) is 30.4 Å². The number of hydrogen-bond acceptors (Lipinski definition) is 6. The summed E-state index contributed by atoms with van der Waals surface area (Å²) in [4.78, 5) is 27.2. The van der Waals surface area contributed by atoms with Gasteiger partial charge < -0.3 is 15.0 Å². The molecule has 1 fully saturated rings. The van der Waals surface area contributed by atoms with Crippen LogP contribution in [0.3, 0.4) is 0 Å². The van der Waals surface area contributed by atoms with E-state index in [0.717, 1.165) is 25.9 Å². The van der Waals surface area contributed by atoms with Crippen LogP contribution in [0.2, 0.25) is 0 Å². The maximum atomic E-state index is 12.3. The Kier molecular flexibility index (Phi) is 4.65. The molecular formula is C16H19N5O2. The second-order valence-electron chi connectivity index (χ2n) is 5.33. The molecule has 23 heavy (non-hydrogen) atoms. The molecule has 7 heteroatoms. The standard InChI is InChI=1S/C16H19N5O2/c1-23-14-6-5-12(11-18-14)19-15(22)13-7-8-17-16(20-13)21-9-3-2-4-10-21/h5-8,11H,2-4,9-10H2,1H3,(H,19,22). The number of nitrogens with one attached hydrogen (secondary N) is 1. The summed E-state index contributed by atoms with van der Waals surface area (Å²) >= 11 is 0. The monoisotopic (exact) mass is 313 g/mol. The highest BCUT2D eigenvalue weighted by atomic mass is 16.5. The maximum Gasteiger partial charge on any atom is 0.274 e. The van der Waals surface area contributed by atoms with Gasteiger partial charge in [0.15, 0.2) is 0 Å². The van der Waals surface area contributed by atoms with Crippen LogP contribution in [-0.2, 0) is 0 Å². The summed E-state index contributed by atoms with van der Waals surface area (Å²) in [5, 5.41) is 2.77. The SMILES string of the molecule is COc1ccc(NC(=O)c2ccnc(N3CCCCC3)n2)cn1. The molecule has 1 aliphatic rings. The zero-order valence-electron chi connectivity index (χ0n) is 13.0. The molecule has 2 aromatic rings. The Labute approximate surface area is 134 Å². The second-order valence-corrected chi connectivity index (χ2v) is 5.33. The number of methoxy groups -OCH3 is 1. The Morgan fingerprint density at radius 1 is 1.17 bits per heavy atom. The van der Waals surface area contributed by atoms with Crippen LogP contribution >= 0.6 is 0 Å². The summed E-state index contributed by atoms with van der Waals surface area (Å²) in [6, 6.07) is 5.03. The summed E-state index contributed by atoms with van der Waals surface area (Å²) in [5.74, 6) is 0.834. The van der Waals surface area contributed by atoms with Gasteiger partial charge in [0.05, 0.1) is 19.0 Å². The molecule has 0 radical (unpaired) electrons. The van der Waals surface area contributed by atoms with Gasteiger partial charge in [0.25, 0.3) is 5.91 Å². The molecule has 0 bridgehead atoms. The number of ether oxygens (including phenoxy) is 1. The molecule has 0 spiro atoms. The van der Waals surface area contributed by atoms with E-state index >= 15 is 0 Å². The number of rotatable bonds is 4. The number of pyridine rings is 1. The van der Waals surface area contributed by atoms with Gasteiger partial charge in [-0.2, -0.15) is 0 Å². The van der Waals surface area contributed by atoms with Crippen molar-refractivity contribution in [2.45, 2.75) is 19.3 Å². The molecule has 3 heterocycles. The smallest absolute Gasteiger partial charge is 0.274 e. The fourth-order valence-electron chi connectivity index (χ4n) is 2.49. The van der Waals surface area contributed by atoms with Crippen molar-refractivity contribution in [3.05, 3.63) is 36.3 Å². The van der Waals surface area contributed by atoms with Crippen LogP contribution in [0, 0.1) is 0 Å². The molecule has 1 saturated heterocycles. The predicted octanol–water partition coefficient (Wildman–Crippen LogP) is 2.12. The van der Waals surface area contributed by atoms with Gasteiger partial charge in [-0.05, 0) is 31.4 Å². The van der Waals surface area contributed by atoms with E-state index < -0.39 is 0 Å². The van der Waals surface area contributed by atoms with Gasteiger partial charge in [0.2, 0.25) is 11.8 Å². The molecule has 2 aromatic heterocycles. The van der Waals surface area contributed by atoms with Crippen LogP contribution in [0.5, 0.6) is 5.88 Å². The quantitative estimate of drug-likeness (QED) is 0.931. The van der Waals surface area contributed by atoms with Crippen molar-refractivity contribution in [2.24, 2.45) is 0 Å². The van der Waals surface area contributed by atoms with Crippen molar-refractivity contribution in [3.63, 3.8) is 0 Å². The third-order valence-electron chi connectivity index (χ3n) is 3.72. The molecule has 1 N–H and O–H groups in total. The number of carbonyl (C=O) groups is 1. The van der Waals surface area contributed by atoms with Gasteiger partial charge in [-0.25, -0.2) is 15.0 Å². The maximum absolute atomic E-state index is 12.3. The van der Waals surface area contributed by atoms with E-state index in [9.17, 15) is 4.79 Å². The third kappa shape index (κ3) is 3.74. The molecule has 120 valence electrons. The van der Waals surface area contributed by atoms with Crippen LogP contribution < -0.4 is 15.0 Å². The average Bonchev–Trinajstić information content (AvgIpc) is 2.63. The highest BCUT2D eigenvalue weighted by molar-refractivity contribution is 6.02. The second kappa shape index (κ2) is 7.04. The van der Waals surface area contributed by atoms with E-state index in [-0.39, 0.29) is 5.91 Å². The van der Waals surface area contributed by atoms with Crippen molar-refractivity contribution < 1.29 is 9.53 Å². The molecule has 1 amide bonds. The van der Waals surface area contributed by atoms with Crippen LogP contribution in [0.25, 0.3) is 0 Å². The minimum absolute atomic E-state index is 0.280. The molecular weight excluding hydrogens is 294 g/mol. The number of hydrogen-bond donors (Lipinski definition) is 1. The lowest BCUT2D eigenvalue weighted by Gasteiger charge is -2.26. The Bertz CT molecular complexity index is 668. The van der Waals surface area contributed by atoms with Crippen molar-refractivity contribution >= 4 is 17.5 Å². The Balaban J connectivity index is 1.71. The highest BCUT2D eigenvalue weighted by Crippen LogP contribution is 2.16. The molecule has 0 aromatic carbocycles. The Hall–Kier alpha value is -2.70. The number of aromatic nitrogens is 3. The lowest BCUT2D eigenvalue weighted by atomic mass is 10.1. The predicted molar refractivity (Wildman–Crippen MR) is 86.8 cm³/mol. The summed E-state index contributed by atoms with van der Waals surface area (Å²) in [7, 11) is 1.55. The van der Waals surface area contributed by atoms with Crippen LogP contribution in [0.15, 0.2) is 30.6 Å². The van der Waals surface area contributed by atoms with Crippen molar-refractivity contribution in [1.82, 2.24) is 15.0 Å². The van der Waals surface area contributed by atoms with E-state index in [4.69, 9.17) is 4.74 Å². The first-order valence-electron chi connectivity index (χ1n) is 7.65. The Morgan fingerprint density at radius 2 is 2.00 bits per heavy atom. The van der Waals surface area contributed by atoms with Gasteiger partial charge >= 0.3 is 0 Å². The normalized spacial score (nSPS) is 14.4. The van der Waals surface area contributed by atoms with E-state index in [2.05, 4.69) is 25.2 Å². The van der Waals surface area contributed by atoms with Crippen LogP contribution in [0.1, 0.15) is 29.8 Å². The molecule has 0 atom stereocenters. The Morgan fingerprint density at radius 3 is 2.70 bits per heavy atom. The van der Waals surface area contributed by atoms with E-state index in [1.54, 1.807) is 37.7 Å². The molecule has 3 rings (SSSR count). The molecule has 0 saturated carbocycles. The fourth-order valence-corrected chi connectivity index (χ4v) is 2.49. The summed E-state index contributed by atoms with van der Waals surface area (Å²) in [5.41, 5.74) is 0.935. The number of nitrogens with zero attached hydrogens (tertiary/aromatic N) is 4. The zero-order chi connectivity index (χ0) is 16.1. The van der Waals surface area contributed by atoms with Gasteiger partial charge in [0, 0.05) is 25.4 Å². The van der Waals surface area contributed by atoms with Crippen LogP contribution in [-0.4, -0.2) is 41.1 Å². The number of carbonyl (C=O) groups excluding carboxylic acids is 1. The van der Waals surface area contributed by atoms with Crippen molar-refractivity contribution in [3.8, 4) is 5.88 Å². The van der Waals surface area contributed by atoms with Gasteiger partial charge in [0.1, 0.15) is 5.69 Å². The largest absolute Gasteiger partial charge is 0.481 e. The summed E-state index contributed by atoms with van der Waals surface area (Å²) in [6.07, 6.45) is 6.68. The lowest BCUT2D eigenvalue weighted by molar-refractivity contribution is 0.102. The number of piperidine rings is 1. The first-order chi connectivity index (χ1) is 11.3. The summed E-state index contributed by atoms with van der Waals surface area (Å²) in [6.45, 7) is 1.88. The van der Waals surface area contributed by atoms with E-state index in [1.165, 1.54) is 6.42 Å². The van der Waals surface area contributed by atoms with Crippen molar-refractivity contribution in [1.29, 1.82) is 0 Å². The lowest BCUT2D eigenvalue weighted by Crippen LogP contribution is -2.31. The average molecular weight is 313 g/mol. The summed E-state index contributed by atoms with van der Waals surface area (Å²) < 4.78 is 4.99. The van der Waals surface area contributed by atoms with Crippen LogP contribution in [0.4, 0.5) is 11.6 Å². The first kappa shape index (κ1) is 15.2. The number of amides is 1. The highest BCUT2D eigenvalue weighted by Gasteiger charge is 2.16. The van der Waals surface area contributed by atoms with E-state index in [0.29, 0.717) is 23.2 Å². The van der Waals surface area contributed by atoms with Gasteiger partial charge in [-0.15, -0.1) is 0 Å². The number of anilines is 2. The van der Waals surface area contributed by atoms with Gasteiger partial charge in [-0.1, -0.05) is 0 Å². The zero-order valence-corrected chi connectivity index (χ0v) is 13.0.